The van der Waals surface area contributed by atoms with Gasteiger partial charge in [0.15, 0.2) is 11.6 Å². The zero-order valence-electron chi connectivity index (χ0n) is 18.0. The number of ketones is 2. The van der Waals surface area contributed by atoms with Crippen LogP contribution in [0.3, 0.4) is 0 Å². The van der Waals surface area contributed by atoms with Crippen LogP contribution in [-0.2, 0) is 0 Å². The first kappa shape index (κ1) is 22.4. The number of nitro groups is 1. The summed E-state index contributed by atoms with van der Waals surface area (Å²) >= 11 is 0. The number of non-ortho nitro benzene ring substituents is 1. The largest absolute Gasteiger partial charge is 0.399 e. The Labute approximate surface area is 196 Å². The summed E-state index contributed by atoms with van der Waals surface area (Å²) in [6.45, 7) is 0. The number of anilines is 1. The van der Waals surface area contributed by atoms with Crippen LogP contribution < -0.4 is 5.73 Å². The second-order valence-electron chi connectivity index (χ2n) is 7.63. The molecular formula is C28H20N2O4. The fourth-order valence-electron chi connectivity index (χ4n) is 3.52. The van der Waals surface area contributed by atoms with Crippen molar-refractivity contribution < 1.29 is 14.5 Å². The Balaban J connectivity index is 1.75. The number of hydrogen-bond acceptors (Lipinski definition) is 5. The highest BCUT2D eigenvalue weighted by molar-refractivity contribution is 6.33. The van der Waals surface area contributed by atoms with Gasteiger partial charge in [-0.1, -0.05) is 66.7 Å². The average Bonchev–Trinajstić information content (AvgIpc) is 2.88. The third kappa shape index (κ3) is 4.97. The highest BCUT2D eigenvalue weighted by Crippen LogP contribution is 2.24. The fourth-order valence-corrected chi connectivity index (χ4v) is 3.52. The molecule has 0 heterocycles. The summed E-state index contributed by atoms with van der Waals surface area (Å²) in [5, 5.41) is 11.2. The van der Waals surface area contributed by atoms with Crippen LogP contribution in [-0.4, -0.2) is 16.5 Å². The van der Waals surface area contributed by atoms with Crippen LogP contribution in [0, 0.1) is 10.1 Å². The normalized spacial score (nSPS) is 11.1. The van der Waals surface area contributed by atoms with Crippen molar-refractivity contribution >= 4 is 29.0 Å². The molecule has 0 aliphatic heterocycles. The van der Waals surface area contributed by atoms with Crippen molar-refractivity contribution in [2.45, 2.75) is 0 Å². The van der Waals surface area contributed by atoms with Gasteiger partial charge >= 0.3 is 0 Å². The van der Waals surface area contributed by atoms with Crippen molar-refractivity contribution in [3.05, 3.63) is 136 Å². The van der Waals surface area contributed by atoms with E-state index in [1.165, 1.54) is 24.3 Å². The van der Waals surface area contributed by atoms with Crippen molar-refractivity contribution in [2.24, 2.45) is 0 Å². The molecule has 4 aromatic carbocycles. The Morgan fingerprint density at radius 2 is 1.26 bits per heavy atom. The molecule has 0 bridgehead atoms. The number of hydrogen-bond donors (Lipinski definition) is 1. The molecule has 4 rings (SSSR count). The molecule has 0 radical (unpaired) electrons. The van der Waals surface area contributed by atoms with Gasteiger partial charge in [-0.2, -0.15) is 0 Å². The molecule has 34 heavy (non-hydrogen) atoms. The van der Waals surface area contributed by atoms with Gasteiger partial charge in [-0.25, -0.2) is 0 Å². The van der Waals surface area contributed by atoms with Gasteiger partial charge in [-0.3, -0.25) is 19.7 Å². The van der Waals surface area contributed by atoms with Crippen molar-refractivity contribution in [1.29, 1.82) is 0 Å². The second kappa shape index (κ2) is 9.75. The molecule has 6 nitrogen and oxygen atoms in total. The molecule has 0 saturated heterocycles. The second-order valence-corrected chi connectivity index (χ2v) is 7.63. The van der Waals surface area contributed by atoms with E-state index < -0.39 is 16.5 Å². The molecule has 0 amide bonds. The highest BCUT2D eigenvalue weighted by Gasteiger charge is 2.22. The van der Waals surface area contributed by atoms with E-state index >= 15 is 0 Å². The first-order valence-electron chi connectivity index (χ1n) is 10.5. The molecule has 0 fully saturated rings. The number of nitrogens with two attached hydrogens (primary N) is 1. The van der Waals surface area contributed by atoms with Crippen LogP contribution >= 0.6 is 0 Å². The number of allylic oxidation sites excluding steroid dienone is 1. The lowest BCUT2D eigenvalue weighted by Gasteiger charge is -2.09. The number of Topliss-reactive ketones (excluding diaryl/α,β-unsaturated/α-hetero) is 2. The van der Waals surface area contributed by atoms with Crippen LogP contribution in [0.25, 0.3) is 17.2 Å². The number of carbonyl (C=O) groups excluding carboxylic acids is 2. The van der Waals surface area contributed by atoms with Gasteiger partial charge < -0.3 is 5.73 Å². The molecule has 2 N–H and O–H groups in total. The number of nitro benzene ring substituents is 1. The van der Waals surface area contributed by atoms with E-state index in [1.54, 1.807) is 42.5 Å². The summed E-state index contributed by atoms with van der Waals surface area (Å²) in [6.07, 6.45) is 1.39. The van der Waals surface area contributed by atoms with E-state index in [-0.39, 0.29) is 11.3 Å². The van der Waals surface area contributed by atoms with E-state index in [4.69, 9.17) is 5.73 Å². The summed E-state index contributed by atoms with van der Waals surface area (Å²) in [4.78, 5) is 37.4. The Hall–Kier alpha value is -4.84. The van der Waals surface area contributed by atoms with E-state index in [1.807, 2.05) is 42.5 Å². The zero-order chi connectivity index (χ0) is 24.1. The predicted octanol–water partition coefficient (Wildman–Crippen LogP) is 5.99. The van der Waals surface area contributed by atoms with Crippen LogP contribution in [0.1, 0.15) is 26.3 Å². The van der Waals surface area contributed by atoms with Gasteiger partial charge in [0.05, 0.1) is 10.5 Å². The highest BCUT2D eigenvalue weighted by atomic mass is 16.6. The Kier molecular flexibility index (Phi) is 6.41. The minimum Gasteiger partial charge on any atom is -0.399 e. The first-order chi connectivity index (χ1) is 16.4. The summed E-state index contributed by atoms with van der Waals surface area (Å²) in [5.74, 6) is -0.975. The minimum atomic E-state index is -0.525. The summed E-state index contributed by atoms with van der Waals surface area (Å²) in [7, 11) is 0. The number of nitrogen functional groups attached to an aromatic ring is 1. The molecular weight excluding hydrogens is 428 g/mol. The number of carbonyl (C=O) groups is 2. The topological polar surface area (TPSA) is 103 Å². The van der Waals surface area contributed by atoms with Gasteiger partial charge in [0.2, 0.25) is 0 Å². The maximum absolute atomic E-state index is 13.4. The van der Waals surface area contributed by atoms with E-state index in [2.05, 4.69) is 0 Å². The lowest BCUT2D eigenvalue weighted by Crippen LogP contribution is -2.14. The van der Waals surface area contributed by atoms with E-state index in [9.17, 15) is 19.7 Å². The molecule has 0 aliphatic carbocycles. The van der Waals surface area contributed by atoms with Gasteiger partial charge in [-0.15, -0.1) is 0 Å². The minimum absolute atomic E-state index is 0.0993. The molecule has 0 aliphatic rings. The molecule has 0 unspecified atom stereocenters. The Bertz CT molecular complexity index is 1390. The lowest BCUT2D eigenvalue weighted by atomic mass is 9.93. The smallest absolute Gasteiger partial charge is 0.270 e. The fraction of sp³-hybridized carbons (Fsp3) is 0. The molecule has 0 spiro atoms. The predicted molar refractivity (Wildman–Crippen MR) is 132 cm³/mol. The zero-order valence-corrected chi connectivity index (χ0v) is 18.0. The number of rotatable bonds is 7. The summed E-state index contributed by atoms with van der Waals surface area (Å²) in [6, 6.07) is 28.7. The quantitative estimate of drug-likeness (QED) is 0.0711. The van der Waals surface area contributed by atoms with Crippen molar-refractivity contribution in [3.8, 4) is 11.1 Å². The molecule has 0 saturated carbocycles. The third-order valence-corrected chi connectivity index (χ3v) is 5.31. The Morgan fingerprint density at radius 1 is 0.706 bits per heavy atom. The molecule has 0 atom stereocenters. The van der Waals surface area contributed by atoms with Gasteiger partial charge in [0, 0.05) is 28.9 Å². The van der Waals surface area contributed by atoms with Crippen LogP contribution in [0.5, 0.6) is 0 Å². The van der Waals surface area contributed by atoms with Crippen LogP contribution in [0.15, 0.2) is 109 Å². The molecule has 0 aromatic heterocycles. The van der Waals surface area contributed by atoms with Crippen molar-refractivity contribution in [2.75, 3.05) is 5.73 Å². The van der Waals surface area contributed by atoms with E-state index in [0.717, 1.165) is 11.1 Å². The number of nitrogens with zero attached hydrogens (tertiary/aromatic N) is 1. The Morgan fingerprint density at radius 3 is 1.85 bits per heavy atom. The van der Waals surface area contributed by atoms with E-state index in [0.29, 0.717) is 22.4 Å². The van der Waals surface area contributed by atoms with Crippen LogP contribution in [0.4, 0.5) is 11.4 Å². The van der Waals surface area contributed by atoms with Crippen molar-refractivity contribution in [3.63, 3.8) is 0 Å². The lowest BCUT2D eigenvalue weighted by molar-refractivity contribution is -0.384. The van der Waals surface area contributed by atoms with Crippen LogP contribution in [0.2, 0.25) is 0 Å². The maximum Gasteiger partial charge on any atom is 0.270 e. The molecule has 166 valence electrons. The van der Waals surface area contributed by atoms with Crippen molar-refractivity contribution in [1.82, 2.24) is 0 Å². The summed E-state index contributed by atoms with van der Waals surface area (Å²) in [5.41, 5.74) is 8.93. The third-order valence-electron chi connectivity index (χ3n) is 5.31. The van der Waals surface area contributed by atoms with Gasteiger partial charge in [0.25, 0.3) is 5.69 Å². The van der Waals surface area contributed by atoms with Gasteiger partial charge in [-0.05, 0) is 47.0 Å². The maximum atomic E-state index is 13.4. The average molecular weight is 448 g/mol. The molecule has 4 aromatic rings. The SMILES string of the molecule is Nc1ccc(C(=O)C(=Cc2cccc([N+](=O)[O-])c2)C(=O)c2ccc(-c3ccccc3)cc2)cc1. The summed E-state index contributed by atoms with van der Waals surface area (Å²) < 4.78 is 0. The monoisotopic (exact) mass is 448 g/mol. The standard InChI is InChI=1S/C28H20N2O4/c29-24-15-13-23(14-16-24)28(32)26(18-19-5-4-8-25(17-19)30(33)34)27(31)22-11-9-21(10-12-22)20-6-2-1-3-7-20/h1-18H,29H2. The number of benzene rings is 4. The molecule has 6 heteroatoms. The first-order valence-corrected chi connectivity index (χ1v) is 10.5. The van der Waals surface area contributed by atoms with Gasteiger partial charge in [0.1, 0.15) is 0 Å².